The minimum atomic E-state index is -1.12. The first-order chi connectivity index (χ1) is 13.1. The summed E-state index contributed by atoms with van der Waals surface area (Å²) in [6, 6.07) is 10.3. The van der Waals surface area contributed by atoms with Crippen molar-refractivity contribution in [2.75, 3.05) is 13.1 Å². The third kappa shape index (κ3) is 1.61. The van der Waals surface area contributed by atoms with E-state index in [0.717, 1.165) is 49.3 Å². The number of aromatic carboxylic acids is 1. The Hall–Kier alpha value is -2.40. The van der Waals surface area contributed by atoms with E-state index in [1.807, 2.05) is 12.1 Å². The van der Waals surface area contributed by atoms with Gasteiger partial charge in [0.05, 0.1) is 11.1 Å². The van der Waals surface area contributed by atoms with Crippen LogP contribution in [0.2, 0.25) is 0 Å². The lowest BCUT2D eigenvalue weighted by Crippen LogP contribution is -2.54. The Kier molecular flexibility index (Phi) is 2.84. The molecule has 1 aromatic carbocycles. The van der Waals surface area contributed by atoms with Crippen molar-refractivity contribution in [3.63, 3.8) is 0 Å². The monoisotopic (exact) mass is 362 g/mol. The van der Waals surface area contributed by atoms with Gasteiger partial charge in [0.15, 0.2) is 0 Å². The van der Waals surface area contributed by atoms with Crippen LogP contribution in [0.5, 0.6) is 0 Å². The molecule has 2 aromatic rings. The molecule has 138 valence electrons. The third-order valence-corrected chi connectivity index (χ3v) is 7.75. The normalized spacial score (nSPS) is 32.3. The van der Waals surface area contributed by atoms with Crippen LogP contribution < -0.4 is 5.56 Å². The van der Waals surface area contributed by atoms with Gasteiger partial charge in [-0.05, 0) is 54.5 Å². The number of hydrogen-bond donors (Lipinski definition) is 1. The first kappa shape index (κ1) is 15.6. The van der Waals surface area contributed by atoms with Crippen LogP contribution in [0.25, 0.3) is 5.69 Å². The number of piperidine rings is 1. The predicted octanol–water partition coefficient (Wildman–Crippen LogP) is 2.74. The van der Waals surface area contributed by atoms with Crippen molar-refractivity contribution in [1.29, 1.82) is 0 Å². The van der Waals surface area contributed by atoms with E-state index < -0.39 is 5.97 Å². The second kappa shape index (κ2) is 4.90. The maximum absolute atomic E-state index is 13.2. The molecule has 6 rings (SSSR count). The standard InChI is InChI=1S/C22H22N2O3/c1-2-12-11-23-8-7-22-16-5-3-4-6-17(16)24-19(22)14(13(12)10-18(22)23)9-15(20(24)25)21(26)27/h3-6,9,12-13,18H,2,7-8,10-11H2,1H3,(H,26,27)/t12-,13+,18+,22-/m1/s1. The Bertz CT molecular complexity index is 1070. The van der Waals surface area contributed by atoms with Gasteiger partial charge in [-0.3, -0.25) is 14.3 Å². The number of rotatable bonds is 2. The molecule has 3 aliphatic heterocycles. The number of hydrogen-bond acceptors (Lipinski definition) is 3. The molecule has 0 saturated carbocycles. The lowest BCUT2D eigenvalue weighted by atomic mass is 9.60. The van der Waals surface area contributed by atoms with Crippen molar-refractivity contribution in [3.05, 3.63) is 63.1 Å². The molecule has 1 spiro atoms. The van der Waals surface area contributed by atoms with Gasteiger partial charge in [-0.2, -0.15) is 0 Å². The first-order valence-electron chi connectivity index (χ1n) is 9.95. The number of carboxylic acid groups (broad SMARTS) is 1. The second-order valence-electron chi connectivity index (χ2n) is 8.57. The number of carbonyl (C=O) groups is 1. The summed E-state index contributed by atoms with van der Waals surface area (Å²) in [6.45, 7) is 4.36. The topological polar surface area (TPSA) is 62.5 Å². The van der Waals surface area contributed by atoms with Crippen LogP contribution in [0.4, 0.5) is 0 Å². The Morgan fingerprint density at radius 2 is 2.15 bits per heavy atom. The van der Waals surface area contributed by atoms with Crippen LogP contribution in [-0.4, -0.2) is 39.7 Å². The molecule has 2 bridgehead atoms. The summed E-state index contributed by atoms with van der Waals surface area (Å²) < 4.78 is 1.76. The van der Waals surface area contributed by atoms with Crippen molar-refractivity contribution in [3.8, 4) is 5.69 Å². The zero-order valence-electron chi connectivity index (χ0n) is 15.3. The van der Waals surface area contributed by atoms with Crippen molar-refractivity contribution >= 4 is 5.97 Å². The highest BCUT2D eigenvalue weighted by Gasteiger charge is 2.62. The Labute approximate surface area is 157 Å². The minimum Gasteiger partial charge on any atom is -0.477 e. The van der Waals surface area contributed by atoms with Crippen LogP contribution >= 0.6 is 0 Å². The van der Waals surface area contributed by atoms with Crippen LogP contribution in [0.15, 0.2) is 35.1 Å². The Morgan fingerprint density at radius 3 is 2.93 bits per heavy atom. The van der Waals surface area contributed by atoms with E-state index in [1.165, 1.54) is 5.56 Å². The SMILES string of the molecule is CC[C@@H]1CN2CC[C@]34c5ccccc5-n5c3c(cc(C(=O)O)c5=O)[C@H]1C[C@H]24. The summed E-state index contributed by atoms with van der Waals surface area (Å²) in [5.41, 5.74) is 3.70. The molecule has 4 aliphatic rings. The molecule has 5 heteroatoms. The number of aromatic nitrogens is 1. The molecule has 27 heavy (non-hydrogen) atoms. The molecule has 1 N–H and O–H groups in total. The molecule has 2 fully saturated rings. The summed E-state index contributed by atoms with van der Waals surface area (Å²) in [4.78, 5) is 27.7. The van der Waals surface area contributed by atoms with Gasteiger partial charge in [-0.25, -0.2) is 4.79 Å². The number of benzene rings is 1. The van der Waals surface area contributed by atoms with Crippen molar-refractivity contribution in [1.82, 2.24) is 9.47 Å². The lowest BCUT2D eigenvalue weighted by molar-refractivity contribution is 0.0691. The highest BCUT2D eigenvalue weighted by atomic mass is 16.4. The first-order valence-corrected chi connectivity index (χ1v) is 9.95. The summed E-state index contributed by atoms with van der Waals surface area (Å²) in [5, 5.41) is 9.70. The van der Waals surface area contributed by atoms with Gasteiger partial charge in [0, 0.05) is 18.3 Å². The predicted molar refractivity (Wildman–Crippen MR) is 101 cm³/mol. The van der Waals surface area contributed by atoms with Crippen molar-refractivity contribution in [2.24, 2.45) is 5.92 Å². The number of pyridine rings is 1. The quantitative estimate of drug-likeness (QED) is 0.892. The lowest BCUT2D eigenvalue weighted by Gasteiger charge is -2.50. The van der Waals surface area contributed by atoms with Gasteiger partial charge in [0.1, 0.15) is 5.56 Å². The van der Waals surface area contributed by atoms with Gasteiger partial charge < -0.3 is 5.11 Å². The third-order valence-electron chi connectivity index (χ3n) is 7.75. The zero-order valence-corrected chi connectivity index (χ0v) is 15.3. The molecule has 2 saturated heterocycles. The average molecular weight is 362 g/mol. The number of nitrogens with zero attached hydrogens (tertiary/aromatic N) is 2. The van der Waals surface area contributed by atoms with Crippen molar-refractivity contribution < 1.29 is 9.90 Å². The van der Waals surface area contributed by atoms with Gasteiger partial charge >= 0.3 is 5.97 Å². The molecule has 4 heterocycles. The smallest absolute Gasteiger partial charge is 0.341 e. The van der Waals surface area contributed by atoms with Gasteiger partial charge in [-0.1, -0.05) is 31.5 Å². The fourth-order valence-electron chi connectivity index (χ4n) is 6.70. The van der Waals surface area contributed by atoms with Crippen LogP contribution in [-0.2, 0) is 5.41 Å². The molecule has 0 amide bonds. The molecular formula is C22H22N2O3. The highest BCUT2D eigenvalue weighted by Crippen LogP contribution is 2.61. The van der Waals surface area contributed by atoms with E-state index in [-0.39, 0.29) is 16.5 Å². The van der Waals surface area contributed by atoms with E-state index in [1.54, 1.807) is 10.6 Å². The molecule has 0 unspecified atom stereocenters. The minimum absolute atomic E-state index is 0.0886. The summed E-state index contributed by atoms with van der Waals surface area (Å²) in [7, 11) is 0. The number of carboxylic acids is 1. The Balaban J connectivity index is 1.79. The Morgan fingerprint density at radius 1 is 1.33 bits per heavy atom. The van der Waals surface area contributed by atoms with Crippen LogP contribution in [0, 0.1) is 5.92 Å². The maximum Gasteiger partial charge on any atom is 0.341 e. The molecule has 0 radical (unpaired) electrons. The maximum atomic E-state index is 13.2. The summed E-state index contributed by atoms with van der Waals surface area (Å²) in [6.07, 6.45) is 3.16. The molecular weight excluding hydrogens is 340 g/mol. The molecule has 1 aliphatic carbocycles. The van der Waals surface area contributed by atoms with E-state index in [0.29, 0.717) is 17.9 Å². The van der Waals surface area contributed by atoms with E-state index in [4.69, 9.17) is 0 Å². The fraction of sp³-hybridized carbons (Fsp3) is 0.455. The van der Waals surface area contributed by atoms with E-state index in [2.05, 4.69) is 24.0 Å². The van der Waals surface area contributed by atoms with Crippen LogP contribution in [0.1, 0.15) is 59.3 Å². The number of fused-ring (bicyclic) bond motifs is 4. The van der Waals surface area contributed by atoms with E-state index >= 15 is 0 Å². The molecule has 4 atom stereocenters. The number of para-hydroxylation sites is 1. The summed E-state index contributed by atoms with van der Waals surface area (Å²) in [5.74, 6) is -0.259. The van der Waals surface area contributed by atoms with Gasteiger partial charge in [0.25, 0.3) is 5.56 Å². The highest BCUT2D eigenvalue weighted by molar-refractivity contribution is 5.88. The summed E-state index contributed by atoms with van der Waals surface area (Å²) >= 11 is 0. The largest absolute Gasteiger partial charge is 0.477 e. The molecule has 1 aromatic heterocycles. The van der Waals surface area contributed by atoms with Gasteiger partial charge in [0.2, 0.25) is 0 Å². The average Bonchev–Trinajstić information content (AvgIpc) is 3.21. The van der Waals surface area contributed by atoms with Crippen LogP contribution in [0.3, 0.4) is 0 Å². The zero-order chi connectivity index (χ0) is 18.5. The van der Waals surface area contributed by atoms with Gasteiger partial charge in [-0.15, -0.1) is 0 Å². The second-order valence-corrected chi connectivity index (χ2v) is 8.57. The van der Waals surface area contributed by atoms with E-state index in [9.17, 15) is 14.7 Å². The molecule has 5 nitrogen and oxygen atoms in total. The van der Waals surface area contributed by atoms with Crippen molar-refractivity contribution in [2.45, 2.75) is 43.6 Å². The fourth-order valence-corrected chi connectivity index (χ4v) is 6.70.